The van der Waals surface area contributed by atoms with E-state index in [0.29, 0.717) is 29.0 Å². The SMILES string of the molecule is CCN(C(=O)c1cccc(NC(=O)CNc2cccc(C(=O)NC(C)(C)C)c2)c1)c1ccccc1. The van der Waals surface area contributed by atoms with Gasteiger partial charge in [-0.3, -0.25) is 14.4 Å². The highest BCUT2D eigenvalue weighted by atomic mass is 16.2. The fraction of sp³-hybridized carbons (Fsp3) is 0.250. The Bertz CT molecular complexity index is 1190. The standard InChI is InChI=1S/C28H32N4O3/c1-5-32(24-15-7-6-8-16-24)27(35)21-12-10-14-23(18-21)30-25(33)19-29-22-13-9-11-20(17-22)26(34)31-28(2,3)4/h6-18,29H,5,19H2,1-4H3,(H,30,33)(H,31,34). The van der Waals surface area contributed by atoms with Crippen LogP contribution in [-0.2, 0) is 4.79 Å². The molecule has 0 saturated carbocycles. The second kappa shape index (κ2) is 11.3. The van der Waals surface area contributed by atoms with Crippen molar-refractivity contribution in [3.8, 4) is 0 Å². The van der Waals surface area contributed by atoms with E-state index in [0.717, 1.165) is 5.69 Å². The van der Waals surface area contributed by atoms with Gasteiger partial charge in [-0.05, 0) is 76.2 Å². The molecule has 0 spiro atoms. The van der Waals surface area contributed by atoms with Gasteiger partial charge in [0.2, 0.25) is 5.91 Å². The largest absolute Gasteiger partial charge is 0.376 e. The number of hydrogen-bond acceptors (Lipinski definition) is 4. The van der Waals surface area contributed by atoms with Crippen LogP contribution in [0, 0.1) is 0 Å². The Morgan fingerprint density at radius 3 is 2.09 bits per heavy atom. The zero-order chi connectivity index (χ0) is 25.4. The first kappa shape index (κ1) is 25.5. The molecule has 7 nitrogen and oxygen atoms in total. The predicted octanol–water partition coefficient (Wildman–Crippen LogP) is 4.93. The number of benzene rings is 3. The lowest BCUT2D eigenvalue weighted by atomic mass is 10.1. The molecule has 3 N–H and O–H groups in total. The summed E-state index contributed by atoms with van der Waals surface area (Å²) in [5, 5.41) is 8.78. The minimum absolute atomic E-state index is 0.00756. The Kier molecular flexibility index (Phi) is 8.25. The number of nitrogens with one attached hydrogen (secondary N) is 3. The molecule has 3 aromatic carbocycles. The molecule has 0 aromatic heterocycles. The van der Waals surface area contributed by atoms with Crippen molar-refractivity contribution in [3.63, 3.8) is 0 Å². The van der Waals surface area contributed by atoms with Gasteiger partial charge in [-0.1, -0.05) is 30.3 Å². The van der Waals surface area contributed by atoms with Crippen LogP contribution < -0.4 is 20.9 Å². The van der Waals surface area contributed by atoms with Crippen LogP contribution in [0.25, 0.3) is 0 Å². The molecule has 7 heteroatoms. The summed E-state index contributed by atoms with van der Waals surface area (Å²) in [6, 6.07) is 23.3. The van der Waals surface area contributed by atoms with E-state index in [9.17, 15) is 14.4 Å². The maximum atomic E-state index is 13.1. The van der Waals surface area contributed by atoms with Gasteiger partial charge in [0.05, 0.1) is 6.54 Å². The van der Waals surface area contributed by atoms with Gasteiger partial charge in [0.1, 0.15) is 0 Å². The maximum absolute atomic E-state index is 13.1. The zero-order valence-corrected chi connectivity index (χ0v) is 20.6. The van der Waals surface area contributed by atoms with Gasteiger partial charge in [0.25, 0.3) is 11.8 Å². The Morgan fingerprint density at radius 2 is 1.43 bits per heavy atom. The van der Waals surface area contributed by atoms with E-state index in [1.165, 1.54) is 0 Å². The molecule has 3 amide bonds. The van der Waals surface area contributed by atoms with Crippen LogP contribution in [-0.4, -0.2) is 36.3 Å². The van der Waals surface area contributed by atoms with E-state index in [-0.39, 0.29) is 29.8 Å². The predicted molar refractivity (Wildman–Crippen MR) is 141 cm³/mol. The lowest BCUT2D eigenvalue weighted by molar-refractivity contribution is -0.114. The Balaban J connectivity index is 1.61. The van der Waals surface area contributed by atoms with Crippen molar-refractivity contribution in [2.24, 2.45) is 0 Å². The average molecular weight is 473 g/mol. The molecule has 0 heterocycles. The number of nitrogens with zero attached hydrogens (tertiary/aromatic N) is 1. The van der Waals surface area contributed by atoms with E-state index in [2.05, 4.69) is 16.0 Å². The molecule has 0 aliphatic heterocycles. The van der Waals surface area contributed by atoms with E-state index in [1.807, 2.05) is 58.0 Å². The molecule has 0 radical (unpaired) electrons. The second-order valence-corrected chi connectivity index (χ2v) is 9.15. The molecule has 0 aliphatic carbocycles. The van der Waals surface area contributed by atoms with Crippen LogP contribution in [0.1, 0.15) is 48.4 Å². The summed E-state index contributed by atoms with van der Waals surface area (Å²) in [5.41, 5.74) is 2.66. The van der Waals surface area contributed by atoms with Crippen LogP contribution in [0.2, 0.25) is 0 Å². The van der Waals surface area contributed by atoms with Crippen molar-refractivity contribution < 1.29 is 14.4 Å². The Hall–Kier alpha value is -4.13. The molecule has 0 bridgehead atoms. The molecular weight excluding hydrogens is 440 g/mol. The lowest BCUT2D eigenvalue weighted by Gasteiger charge is -2.21. The minimum Gasteiger partial charge on any atom is -0.376 e. The number of rotatable bonds is 8. The van der Waals surface area contributed by atoms with Gasteiger partial charge in [0, 0.05) is 40.3 Å². The summed E-state index contributed by atoms with van der Waals surface area (Å²) in [7, 11) is 0. The topological polar surface area (TPSA) is 90.5 Å². The van der Waals surface area contributed by atoms with Gasteiger partial charge in [-0.15, -0.1) is 0 Å². The summed E-state index contributed by atoms with van der Waals surface area (Å²) < 4.78 is 0. The van der Waals surface area contributed by atoms with Crippen molar-refractivity contribution in [2.75, 3.05) is 28.6 Å². The maximum Gasteiger partial charge on any atom is 0.258 e. The van der Waals surface area contributed by atoms with Gasteiger partial charge < -0.3 is 20.9 Å². The van der Waals surface area contributed by atoms with Crippen molar-refractivity contribution in [2.45, 2.75) is 33.2 Å². The van der Waals surface area contributed by atoms with Crippen molar-refractivity contribution >= 4 is 34.8 Å². The summed E-state index contributed by atoms with van der Waals surface area (Å²) in [4.78, 5) is 39.7. The van der Waals surface area contributed by atoms with E-state index in [4.69, 9.17) is 0 Å². The molecule has 35 heavy (non-hydrogen) atoms. The van der Waals surface area contributed by atoms with Crippen molar-refractivity contribution in [3.05, 3.63) is 90.0 Å². The summed E-state index contributed by atoms with van der Waals surface area (Å²) in [5.74, 6) is -0.587. The van der Waals surface area contributed by atoms with Crippen molar-refractivity contribution in [1.29, 1.82) is 0 Å². The number of hydrogen-bond donors (Lipinski definition) is 3. The van der Waals surface area contributed by atoms with Crippen LogP contribution in [0.4, 0.5) is 17.1 Å². The first-order valence-electron chi connectivity index (χ1n) is 11.6. The van der Waals surface area contributed by atoms with Crippen molar-refractivity contribution in [1.82, 2.24) is 5.32 Å². The quantitative estimate of drug-likeness (QED) is 0.433. The van der Waals surface area contributed by atoms with Gasteiger partial charge in [-0.2, -0.15) is 0 Å². The van der Waals surface area contributed by atoms with Crippen LogP contribution in [0.15, 0.2) is 78.9 Å². The number of anilines is 3. The minimum atomic E-state index is -0.342. The highest BCUT2D eigenvalue weighted by molar-refractivity contribution is 6.07. The first-order valence-corrected chi connectivity index (χ1v) is 11.6. The summed E-state index contributed by atoms with van der Waals surface area (Å²) in [6.07, 6.45) is 0. The lowest BCUT2D eigenvalue weighted by Crippen LogP contribution is -2.40. The average Bonchev–Trinajstić information content (AvgIpc) is 2.83. The number of amides is 3. The normalized spacial score (nSPS) is 10.9. The van der Waals surface area contributed by atoms with Crippen LogP contribution >= 0.6 is 0 Å². The third-order valence-corrected chi connectivity index (χ3v) is 5.09. The highest BCUT2D eigenvalue weighted by Gasteiger charge is 2.17. The number of para-hydroxylation sites is 1. The summed E-state index contributed by atoms with van der Waals surface area (Å²) >= 11 is 0. The Labute approximate surface area is 206 Å². The molecule has 182 valence electrons. The van der Waals surface area contributed by atoms with E-state index in [1.54, 1.807) is 53.4 Å². The fourth-order valence-corrected chi connectivity index (χ4v) is 3.51. The monoisotopic (exact) mass is 472 g/mol. The molecule has 0 unspecified atom stereocenters. The molecule has 0 atom stereocenters. The molecule has 0 aliphatic rings. The van der Waals surface area contributed by atoms with Gasteiger partial charge >= 0.3 is 0 Å². The molecule has 3 rings (SSSR count). The highest BCUT2D eigenvalue weighted by Crippen LogP contribution is 2.19. The third kappa shape index (κ3) is 7.43. The zero-order valence-electron chi connectivity index (χ0n) is 20.6. The van der Waals surface area contributed by atoms with Crippen LogP contribution in [0.3, 0.4) is 0 Å². The molecule has 0 saturated heterocycles. The first-order chi connectivity index (χ1) is 16.7. The number of carbonyl (C=O) groups excluding carboxylic acids is 3. The van der Waals surface area contributed by atoms with E-state index >= 15 is 0 Å². The molecule has 0 fully saturated rings. The van der Waals surface area contributed by atoms with Gasteiger partial charge in [-0.25, -0.2) is 0 Å². The fourth-order valence-electron chi connectivity index (χ4n) is 3.51. The second-order valence-electron chi connectivity index (χ2n) is 9.15. The third-order valence-electron chi connectivity index (χ3n) is 5.09. The van der Waals surface area contributed by atoms with E-state index < -0.39 is 0 Å². The Morgan fingerprint density at radius 1 is 0.800 bits per heavy atom. The summed E-state index contributed by atoms with van der Waals surface area (Å²) in [6.45, 7) is 8.21. The smallest absolute Gasteiger partial charge is 0.258 e. The van der Waals surface area contributed by atoms with Gasteiger partial charge in [0.15, 0.2) is 0 Å². The molecule has 3 aromatic rings. The number of carbonyl (C=O) groups is 3. The van der Waals surface area contributed by atoms with Crippen LogP contribution in [0.5, 0.6) is 0 Å². The molecular formula is C28H32N4O3.